The Morgan fingerprint density at radius 2 is 1.88 bits per heavy atom. The lowest BCUT2D eigenvalue weighted by Gasteiger charge is -2.48. The van der Waals surface area contributed by atoms with Crippen LogP contribution in [0.4, 0.5) is 0 Å². The summed E-state index contributed by atoms with van der Waals surface area (Å²) in [5.41, 5.74) is 2.77. The summed E-state index contributed by atoms with van der Waals surface area (Å²) in [5, 5.41) is 0. The molecule has 4 rings (SSSR count). The van der Waals surface area contributed by atoms with Crippen LogP contribution < -0.4 is 9.47 Å². The number of benzene rings is 1. The molecule has 0 aliphatic heterocycles. The maximum Gasteiger partial charge on any atom is 0.139 e. The molecule has 0 saturated heterocycles. The summed E-state index contributed by atoms with van der Waals surface area (Å²) in [5.74, 6) is 4.21. The van der Waals surface area contributed by atoms with Crippen LogP contribution in [0.3, 0.4) is 0 Å². The number of hydrogen-bond acceptors (Lipinski definition) is 3. The third kappa shape index (κ3) is 2.58. The van der Waals surface area contributed by atoms with Crippen molar-refractivity contribution in [3.8, 4) is 11.5 Å². The topological polar surface area (TPSA) is 35.5 Å². The highest BCUT2D eigenvalue weighted by Crippen LogP contribution is 2.60. The van der Waals surface area contributed by atoms with Crippen LogP contribution in [0.25, 0.3) is 0 Å². The van der Waals surface area contributed by atoms with Crippen molar-refractivity contribution in [1.82, 2.24) is 0 Å². The Kier molecular flexibility index (Phi) is 4.29. The average Bonchev–Trinajstić information content (AvgIpc) is 2.90. The van der Waals surface area contributed by atoms with E-state index in [1.165, 1.54) is 17.5 Å². The quantitative estimate of drug-likeness (QED) is 0.780. The van der Waals surface area contributed by atoms with Crippen molar-refractivity contribution in [3.05, 3.63) is 23.3 Å². The highest BCUT2D eigenvalue weighted by atomic mass is 16.5. The third-order valence-corrected chi connectivity index (χ3v) is 7.08. The van der Waals surface area contributed by atoms with Crippen LogP contribution in [-0.4, -0.2) is 19.0 Å². The Hall–Kier alpha value is -1.51. The monoisotopic (exact) mass is 342 g/mol. The minimum Gasteiger partial charge on any atom is -0.494 e. The maximum atomic E-state index is 12.5. The Balaban J connectivity index is 1.73. The first-order chi connectivity index (χ1) is 12.1. The van der Waals surface area contributed by atoms with E-state index in [9.17, 15) is 4.79 Å². The SMILES string of the molecule is CCOc1cc2c(c(OCC)c1)[C@H]1CC[C@]3(C)C(=O)CC[C@H]3[C@@H]1CC2. The Labute approximate surface area is 151 Å². The number of Topliss-reactive ketones (excluding diaryl/α,β-unsaturated/α-hetero) is 1. The first-order valence-electron chi connectivity index (χ1n) is 10.0. The van der Waals surface area contributed by atoms with Gasteiger partial charge >= 0.3 is 0 Å². The van der Waals surface area contributed by atoms with Gasteiger partial charge in [0.05, 0.1) is 13.2 Å². The van der Waals surface area contributed by atoms with Crippen LogP contribution in [0.5, 0.6) is 11.5 Å². The minimum atomic E-state index is -0.0598. The van der Waals surface area contributed by atoms with Gasteiger partial charge in [0.15, 0.2) is 0 Å². The average molecular weight is 342 g/mol. The Morgan fingerprint density at radius 1 is 1.08 bits per heavy atom. The van der Waals surface area contributed by atoms with Gasteiger partial charge in [-0.3, -0.25) is 4.79 Å². The molecule has 3 nitrogen and oxygen atoms in total. The molecule has 136 valence electrons. The summed E-state index contributed by atoms with van der Waals surface area (Å²) >= 11 is 0. The van der Waals surface area contributed by atoms with E-state index in [2.05, 4.69) is 19.1 Å². The molecule has 4 atom stereocenters. The molecule has 25 heavy (non-hydrogen) atoms. The van der Waals surface area contributed by atoms with E-state index in [0.717, 1.165) is 43.6 Å². The molecule has 0 bridgehead atoms. The van der Waals surface area contributed by atoms with E-state index in [4.69, 9.17) is 9.47 Å². The van der Waals surface area contributed by atoms with Gasteiger partial charge in [0.1, 0.15) is 17.3 Å². The zero-order chi connectivity index (χ0) is 17.6. The fourth-order valence-electron chi connectivity index (χ4n) is 5.95. The van der Waals surface area contributed by atoms with Crippen molar-refractivity contribution in [3.63, 3.8) is 0 Å². The first kappa shape index (κ1) is 16.9. The molecule has 2 saturated carbocycles. The van der Waals surface area contributed by atoms with Crippen LogP contribution in [0.2, 0.25) is 0 Å². The fraction of sp³-hybridized carbons (Fsp3) is 0.682. The number of rotatable bonds is 4. The summed E-state index contributed by atoms with van der Waals surface area (Å²) in [6.45, 7) is 7.67. The molecule has 0 unspecified atom stereocenters. The van der Waals surface area contributed by atoms with E-state index in [0.29, 0.717) is 36.8 Å². The van der Waals surface area contributed by atoms with Crippen LogP contribution in [0.15, 0.2) is 12.1 Å². The first-order valence-corrected chi connectivity index (χ1v) is 10.0. The van der Waals surface area contributed by atoms with Crippen LogP contribution in [0.1, 0.15) is 69.9 Å². The van der Waals surface area contributed by atoms with Crippen molar-refractivity contribution in [1.29, 1.82) is 0 Å². The van der Waals surface area contributed by atoms with Gasteiger partial charge in [-0.25, -0.2) is 0 Å². The number of fused-ring (bicyclic) bond motifs is 5. The number of ketones is 1. The highest BCUT2D eigenvalue weighted by molar-refractivity contribution is 5.87. The van der Waals surface area contributed by atoms with E-state index in [-0.39, 0.29) is 5.41 Å². The molecular formula is C22H30O3. The lowest BCUT2D eigenvalue weighted by Crippen LogP contribution is -2.42. The van der Waals surface area contributed by atoms with E-state index < -0.39 is 0 Å². The number of carbonyl (C=O) groups is 1. The van der Waals surface area contributed by atoms with E-state index in [1.54, 1.807) is 0 Å². The van der Waals surface area contributed by atoms with Gasteiger partial charge in [-0.15, -0.1) is 0 Å². The summed E-state index contributed by atoms with van der Waals surface area (Å²) in [6, 6.07) is 4.31. The molecule has 1 aromatic carbocycles. The van der Waals surface area contributed by atoms with Crippen LogP contribution in [-0.2, 0) is 11.2 Å². The minimum absolute atomic E-state index is 0.0598. The third-order valence-electron chi connectivity index (χ3n) is 7.08. The van der Waals surface area contributed by atoms with Gasteiger partial charge in [0.2, 0.25) is 0 Å². The summed E-state index contributed by atoms with van der Waals surface area (Å²) in [6.07, 6.45) is 6.32. The molecular weight excluding hydrogens is 312 g/mol. The zero-order valence-corrected chi connectivity index (χ0v) is 15.8. The molecule has 2 fully saturated rings. The van der Waals surface area contributed by atoms with Crippen molar-refractivity contribution in [2.24, 2.45) is 17.3 Å². The smallest absolute Gasteiger partial charge is 0.139 e. The molecule has 0 heterocycles. The molecule has 0 amide bonds. The van der Waals surface area contributed by atoms with Gasteiger partial charge in [-0.05, 0) is 75.3 Å². The normalized spacial score (nSPS) is 33.4. The van der Waals surface area contributed by atoms with Gasteiger partial charge < -0.3 is 9.47 Å². The molecule has 0 aromatic heterocycles. The van der Waals surface area contributed by atoms with Crippen LogP contribution in [0, 0.1) is 17.3 Å². The summed E-state index contributed by atoms with van der Waals surface area (Å²) < 4.78 is 11.8. The molecule has 1 aromatic rings. The lowest BCUT2D eigenvalue weighted by molar-refractivity contribution is -0.129. The standard InChI is InChI=1S/C22H30O3/c1-4-24-15-12-14-6-7-16-17(21(14)19(13-15)25-5-2)10-11-22(3)18(16)8-9-20(22)23/h12-13,16-18H,4-11H2,1-3H3/t16-,17+,18+,22+/m1/s1. The molecule has 0 spiro atoms. The Bertz CT molecular complexity index is 680. The largest absolute Gasteiger partial charge is 0.494 e. The number of hydrogen-bond donors (Lipinski definition) is 0. The highest BCUT2D eigenvalue weighted by Gasteiger charge is 2.55. The van der Waals surface area contributed by atoms with Gasteiger partial charge in [0.25, 0.3) is 0 Å². The van der Waals surface area contributed by atoms with Gasteiger partial charge in [-0.1, -0.05) is 6.92 Å². The second-order valence-electron chi connectivity index (χ2n) is 8.19. The maximum absolute atomic E-state index is 12.5. The van der Waals surface area contributed by atoms with Crippen molar-refractivity contribution < 1.29 is 14.3 Å². The predicted octanol–water partition coefficient (Wildman–Crippen LogP) is 4.91. The molecule has 0 N–H and O–H groups in total. The number of ether oxygens (including phenoxy) is 2. The second kappa shape index (κ2) is 6.34. The number of aryl methyl sites for hydroxylation is 1. The zero-order valence-electron chi connectivity index (χ0n) is 15.8. The van der Waals surface area contributed by atoms with E-state index >= 15 is 0 Å². The fourth-order valence-corrected chi connectivity index (χ4v) is 5.95. The molecule has 0 radical (unpaired) electrons. The van der Waals surface area contributed by atoms with E-state index in [1.807, 2.05) is 13.8 Å². The Morgan fingerprint density at radius 3 is 2.64 bits per heavy atom. The van der Waals surface area contributed by atoms with Gasteiger partial charge in [0, 0.05) is 23.5 Å². The van der Waals surface area contributed by atoms with Crippen molar-refractivity contribution >= 4 is 5.78 Å². The molecule has 3 aliphatic carbocycles. The predicted molar refractivity (Wildman–Crippen MR) is 98.4 cm³/mol. The van der Waals surface area contributed by atoms with Gasteiger partial charge in [-0.2, -0.15) is 0 Å². The summed E-state index contributed by atoms with van der Waals surface area (Å²) in [4.78, 5) is 12.5. The second-order valence-corrected chi connectivity index (χ2v) is 8.19. The summed E-state index contributed by atoms with van der Waals surface area (Å²) in [7, 11) is 0. The van der Waals surface area contributed by atoms with Crippen molar-refractivity contribution in [2.45, 2.75) is 65.2 Å². The number of carbonyl (C=O) groups excluding carboxylic acids is 1. The van der Waals surface area contributed by atoms with Crippen molar-refractivity contribution in [2.75, 3.05) is 13.2 Å². The molecule has 3 aliphatic rings. The molecule has 3 heteroatoms. The van der Waals surface area contributed by atoms with Crippen LogP contribution >= 0.6 is 0 Å². The lowest BCUT2D eigenvalue weighted by atomic mass is 9.55.